The van der Waals surface area contributed by atoms with Crippen LogP contribution in [-0.4, -0.2) is 182 Å². The largest absolute Gasteiger partial charge is 0.394 e. The van der Waals surface area contributed by atoms with E-state index in [4.69, 9.17) is 33.2 Å². The van der Waals surface area contributed by atoms with Gasteiger partial charge in [-0.1, -0.05) is 20.8 Å². The van der Waals surface area contributed by atoms with Gasteiger partial charge in [-0.15, -0.1) is 0 Å². The highest BCUT2D eigenvalue weighted by molar-refractivity contribution is 4.93. The highest BCUT2D eigenvalue weighted by Crippen LogP contribution is 2.32. The Bertz CT molecular complexity index is 914. The van der Waals surface area contributed by atoms with Crippen LogP contribution < -0.4 is 0 Å². The minimum atomic E-state index is -1.67. The van der Waals surface area contributed by atoms with E-state index in [1.807, 2.05) is 0 Å². The molecule has 0 aromatic rings. The number of aliphatic hydroxyl groups is 10. The summed E-state index contributed by atoms with van der Waals surface area (Å²) in [5.74, 6) is -1.91. The van der Waals surface area contributed by atoms with E-state index < -0.39 is 135 Å². The lowest BCUT2D eigenvalue weighted by Crippen LogP contribution is -2.61. The SMILES string of the molecule is C[C@@H]1[C@@H](O)[C@@H](OC[C@H]2O[C@H](OC[C@H]3O[C@H](C)[C@H](O)[C@@H](O)[C@@H]3C)[C@H](C)[C@@H](O)[C@@H]2O)O[C@H](CO[C@H]2O[C@H](CO)[C@@H](O)[C@H](O)[C@H]2O)[C@H]1O. The Morgan fingerprint density at radius 3 is 1.49 bits per heavy atom. The molecule has 45 heavy (non-hydrogen) atoms. The van der Waals surface area contributed by atoms with Gasteiger partial charge in [0.2, 0.25) is 0 Å². The summed E-state index contributed by atoms with van der Waals surface area (Å²) in [4.78, 5) is 0. The molecule has 0 bridgehead atoms. The Morgan fingerprint density at radius 1 is 0.400 bits per heavy atom. The van der Waals surface area contributed by atoms with Crippen molar-refractivity contribution < 1.29 is 84.2 Å². The van der Waals surface area contributed by atoms with Gasteiger partial charge >= 0.3 is 0 Å². The average molecular weight is 659 g/mol. The summed E-state index contributed by atoms with van der Waals surface area (Å²) in [6.07, 6.45) is -20.7. The molecule has 10 N–H and O–H groups in total. The second-order valence-electron chi connectivity index (χ2n) is 12.7. The molecule has 0 aromatic heterocycles. The maximum atomic E-state index is 10.7. The van der Waals surface area contributed by atoms with Crippen molar-refractivity contribution >= 4 is 0 Å². The van der Waals surface area contributed by atoms with Crippen molar-refractivity contribution in [2.75, 3.05) is 26.4 Å². The van der Waals surface area contributed by atoms with Crippen molar-refractivity contribution in [1.82, 2.24) is 0 Å². The Labute approximate surface area is 260 Å². The van der Waals surface area contributed by atoms with E-state index in [1.54, 1.807) is 27.7 Å². The lowest BCUT2D eigenvalue weighted by Gasteiger charge is -2.45. The van der Waals surface area contributed by atoms with Crippen molar-refractivity contribution in [3.8, 4) is 0 Å². The molecule has 4 heterocycles. The van der Waals surface area contributed by atoms with Gasteiger partial charge in [0.05, 0.1) is 56.9 Å². The fourth-order valence-electron chi connectivity index (χ4n) is 6.05. The van der Waals surface area contributed by atoms with Gasteiger partial charge < -0.3 is 84.2 Å². The lowest BCUT2D eigenvalue weighted by atomic mass is 9.88. The van der Waals surface area contributed by atoms with Crippen LogP contribution in [-0.2, 0) is 33.2 Å². The van der Waals surface area contributed by atoms with Gasteiger partial charge in [0, 0.05) is 17.8 Å². The maximum absolute atomic E-state index is 10.7. The Morgan fingerprint density at radius 2 is 0.867 bits per heavy atom. The van der Waals surface area contributed by atoms with Gasteiger partial charge in [-0.25, -0.2) is 0 Å². The first kappa shape index (κ1) is 37.1. The quantitative estimate of drug-likeness (QED) is 0.105. The molecular weight excluding hydrogens is 608 g/mol. The Balaban J connectivity index is 1.33. The smallest absolute Gasteiger partial charge is 0.186 e. The summed E-state index contributed by atoms with van der Waals surface area (Å²) < 4.78 is 39.9. The van der Waals surface area contributed by atoms with Gasteiger partial charge in [-0.3, -0.25) is 0 Å². The van der Waals surface area contributed by atoms with Crippen molar-refractivity contribution in [3.63, 3.8) is 0 Å². The number of rotatable bonds is 10. The van der Waals surface area contributed by atoms with Crippen LogP contribution in [0.2, 0.25) is 0 Å². The van der Waals surface area contributed by atoms with Crippen LogP contribution >= 0.6 is 0 Å². The van der Waals surface area contributed by atoms with Gasteiger partial charge in [0.25, 0.3) is 0 Å². The summed E-state index contributed by atoms with van der Waals surface area (Å²) in [5.41, 5.74) is 0. The van der Waals surface area contributed by atoms with Crippen LogP contribution in [0.1, 0.15) is 27.7 Å². The second kappa shape index (κ2) is 15.7. The first-order chi connectivity index (χ1) is 21.2. The molecule has 0 spiro atoms. The van der Waals surface area contributed by atoms with Gasteiger partial charge in [0.15, 0.2) is 18.9 Å². The average Bonchev–Trinajstić information content (AvgIpc) is 3.02. The number of aliphatic hydroxyl groups excluding tert-OH is 10. The van der Waals surface area contributed by atoms with Crippen LogP contribution in [0.3, 0.4) is 0 Å². The number of hydrogen-bond donors (Lipinski definition) is 10. The van der Waals surface area contributed by atoms with Crippen molar-refractivity contribution in [2.45, 2.75) is 132 Å². The monoisotopic (exact) mass is 658 g/mol. The minimum absolute atomic E-state index is 0.0311. The van der Waals surface area contributed by atoms with Gasteiger partial charge in [-0.2, -0.15) is 0 Å². The normalized spacial score (nSPS) is 52.9. The molecule has 0 radical (unpaired) electrons. The Kier molecular flexibility index (Phi) is 13.0. The third-order valence-corrected chi connectivity index (χ3v) is 9.52. The van der Waals surface area contributed by atoms with E-state index in [-0.39, 0.29) is 13.2 Å². The van der Waals surface area contributed by atoms with E-state index in [2.05, 4.69) is 0 Å². The van der Waals surface area contributed by atoms with E-state index in [1.165, 1.54) is 0 Å². The fourth-order valence-corrected chi connectivity index (χ4v) is 6.05. The van der Waals surface area contributed by atoms with Crippen molar-refractivity contribution in [2.24, 2.45) is 17.8 Å². The van der Waals surface area contributed by atoms with Crippen LogP contribution in [0, 0.1) is 17.8 Å². The van der Waals surface area contributed by atoms with Gasteiger partial charge in [0.1, 0.15) is 54.9 Å². The van der Waals surface area contributed by atoms with E-state index in [9.17, 15) is 51.1 Å². The minimum Gasteiger partial charge on any atom is -0.394 e. The highest BCUT2D eigenvalue weighted by atomic mass is 16.7. The van der Waals surface area contributed by atoms with E-state index in [0.29, 0.717) is 0 Å². The number of ether oxygens (including phenoxy) is 7. The summed E-state index contributed by atoms with van der Waals surface area (Å²) >= 11 is 0. The fraction of sp³-hybridized carbons (Fsp3) is 1.00. The molecule has 4 saturated heterocycles. The molecule has 0 aliphatic carbocycles. The number of hydrogen-bond acceptors (Lipinski definition) is 17. The molecule has 4 aliphatic rings. The molecule has 0 unspecified atom stereocenters. The summed E-state index contributed by atoms with van der Waals surface area (Å²) in [6.45, 7) is 5.06. The third kappa shape index (κ3) is 7.97. The third-order valence-electron chi connectivity index (χ3n) is 9.52. The van der Waals surface area contributed by atoms with Crippen LogP contribution in [0.25, 0.3) is 0 Å². The molecule has 264 valence electrons. The van der Waals surface area contributed by atoms with Crippen LogP contribution in [0.4, 0.5) is 0 Å². The molecular formula is C28H50O17. The Hall–Kier alpha value is -0.680. The predicted molar refractivity (Wildman–Crippen MR) is 147 cm³/mol. The zero-order valence-corrected chi connectivity index (χ0v) is 25.7. The van der Waals surface area contributed by atoms with Gasteiger partial charge in [-0.05, 0) is 6.92 Å². The van der Waals surface area contributed by atoms with Crippen molar-refractivity contribution in [1.29, 1.82) is 0 Å². The first-order valence-corrected chi connectivity index (χ1v) is 15.4. The summed E-state index contributed by atoms with van der Waals surface area (Å²) in [5, 5.41) is 103. The van der Waals surface area contributed by atoms with E-state index >= 15 is 0 Å². The van der Waals surface area contributed by atoms with Crippen molar-refractivity contribution in [3.05, 3.63) is 0 Å². The van der Waals surface area contributed by atoms with E-state index in [0.717, 1.165) is 0 Å². The molecule has 20 atom stereocenters. The van der Waals surface area contributed by atoms with Crippen LogP contribution in [0.5, 0.6) is 0 Å². The molecule has 0 aromatic carbocycles. The molecule has 17 heteroatoms. The molecule has 4 fully saturated rings. The maximum Gasteiger partial charge on any atom is 0.186 e. The summed E-state index contributed by atoms with van der Waals surface area (Å²) in [6, 6.07) is 0. The van der Waals surface area contributed by atoms with Crippen LogP contribution in [0.15, 0.2) is 0 Å². The standard InChI is InChI=1S/C28H50O17/c1-9-14(42-12(4)21(34)18(9)31)6-39-26-11(3)19(32)23(36)16(44-26)8-40-27-20(33)10(2)17(30)15(45-27)7-41-28-25(38)24(37)22(35)13(5-29)43-28/h9-38H,5-8H2,1-4H3/t9-,10+,11-,12-,13-,14-,15-,16-,17+,18+,19-,20-,21+,22-,23-,24+,25-,26+,27+,28+/m1/s1. The molecule has 4 aliphatic heterocycles. The topological polar surface area (TPSA) is 267 Å². The molecule has 0 amide bonds. The predicted octanol–water partition coefficient (Wildman–Crippen LogP) is -4.85. The summed E-state index contributed by atoms with van der Waals surface area (Å²) in [7, 11) is 0. The first-order valence-electron chi connectivity index (χ1n) is 15.4. The second-order valence-corrected chi connectivity index (χ2v) is 12.7. The lowest BCUT2D eigenvalue weighted by molar-refractivity contribution is -0.336. The zero-order valence-electron chi connectivity index (χ0n) is 25.7. The zero-order chi connectivity index (χ0) is 33.3. The molecule has 0 saturated carbocycles. The highest BCUT2D eigenvalue weighted by Gasteiger charge is 2.49. The molecule has 4 rings (SSSR count). The molecule has 17 nitrogen and oxygen atoms in total.